The average Bonchev–Trinajstić information content (AvgIpc) is 2.70. The van der Waals surface area contributed by atoms with Gasteiger partial charge in [0.05, 0.1) is 23.6 Å². The molecule has 0 fully saturated rings. The van der Waals surface area contributed by atoms with Crippen LogP contribution in [0, 0.1) is 0 Å². The summed E-state index contributed by atoms with van der Waals surface area (Å²) < 4.78 is 86.7. The minimum atomic E-state index is -4.82. The molecule has 1 aromatic carbocycles. The normalized spacial score (nSPS) is 11.2. The molecule has 2 aromatic rings. The van der Waals surface area contributed by atoms with Crippen LogP contribution in [0.1, 0.15) is 10.4 Å². The third-order valence-electron chi connectivity index (χ3n) is 3.20. The summed E-state index contributed by atoms with van der Waals surface area (Å²) in [6.45, 7) is -6.76. The van der Waals surface area contributed by atoms with Crippen LogP contribution in [0.5, 0.6) is 11.8 Å². The Balaban J connectivity index is 2.26. The predicted molar refractivity (Wildman–Crippen MR) is 92.4 cm³/mol. The van der Waals surface area contributed by atoms with Crippen LogP contribution in [-0.4, -0.2) is 49.9 Å². The van der Waals surface area contributed by atoms with Gasteiger partial charge < -0.3 is 14.2 Å². The summed E-state index contributed by atoms with van der Waals surface area (Å²) in [5.74, 6) is -3.69. The highest BCUT2D eigenvalue weighted by molar-refractivity contribution is 8.06. The van der Waals surface area contributed by atoms with E-state index in [4.69, 9.17) is 0 Å². The molecule has 0 aliphatic rings. The van der Waals surface area contributed by atoms with Gasteiger partial charge in [0.25, 0.3) is 9.84 Å². The first kappa shape index (κ1) is 23.6. The van der Waals surface area contributed by atoms with Crippen LogP contribution in [0.4, 0.5) is 28.3 Å². The van der Waals surface area contributed by atoms with Crippen molar-refractivity contribution in [2.24, 2.45) is 0 Å². The summed E-state index contributed by atoms with van der Waals surface area (Å²) in [4.78, 5) is 29.9. The Morgan fingerprint density at radius 2 is 1.55 bits per heavy atom. The fourth-order valence-electron chi connectivity index (χ4n) is 2.02. The number of amides is 1. The van der Waals surface area contributed by atoms with E-state index in [2.05, 4.69) is 24.2 Å². The van der Waals surface area contributed by atoms with Crippen LogP contribution in [0.3, 0.4) is 0 Å². The summed E-state index contributed by atoms with van der Waals surface area (Å²) in [6.07, 6.45) is 0. The number of sulfone groups is 1. The van der Waals surface area contributed by atoms with Crippen LogP contribution < -0.4 is 20.3 Å². The van der Waals surface area contributed by atoms with Gasteiger partial charge in [-0.2, -0.15) is 27.5 Å². The quantitative estimate of drug-likeness (QED) is 0.335. The molecule has 0 atom stereocenters. The van der Waals surface area contributed by atoms with Crippen molar-refractivity contribution in [1.29, 1.82) is 0 Å². The predicted octanol–water partition coefficient (Wildman–Crippen LogP) is 1.98. The Morgan fingerprint density at radius 1 is 1.00 bits per heavy atom. The third kappa shape index (κ3) is 6.14. The highest BCUT2D eigenvalue weighted by Gasteiger charge is 2.30. The highest BCUT2D eigenvalue weighted by Crippen LogP contribution is 2.22. The lowest BCUT2D eigenvalue weighted by Gasteiger charge is -2.12. The van der Waals surface area contributed by atoms with Gasteiger partial charge in [0.2, 0.25) is 17.7 Å². The molecule has 16 heteroatoms. The molecule has 0 saturated heterocycles. The highest BCUT2D eigenvalue weighted by atomic mass is 32.2. The largest absolute Gasteiger partial charge is 0.465 e. The molecular weight excluding hydrogens is 456 g/mol. The molecule has 0 saturated carbocycles. The van der Waals surface area contributed by atoms with E-state index in [1.165, 1.54) is 12.1 Å². The minimum Gasteiger partial charge on any atom is -0.465 e. The van der Waals surface area contributed by atoms with Crippen LogP contribution in [0.15, 0.2) is 35.2 Å². The number of benzene rings is 1. The molecule has 0 bridgehead atoms. The molecule has 0 spiro atoms. The Hall–Kier alpha value is -3.69. The zero-order valence-electron chi connectivity index (χ0n) is 15.2. The van der Waals surface area contributed by atoms with Crippen molar-refractivity contribution in [2.45, 2.75) is 18.1 Å². The summed E-state index contributed by atoms with van der Waals surface area (Å²) in [5.41, 5.74) is 3.05. The Kier molecular flexibility index (Phi) is 7.51. The van der Waals surface area contributed by atoms with E-state index in [1.54, 1.807) is 5.43 Å². The van der Waals surface area contributed by atoms with Gasteiger partial charge in [-0.15, -0.1) is 0 Å². The zero-order valence-corrected chi connectivity index (χ0v) is 16.0. The molecule has 1 amide bonds. The number of anilines is 1. The van der Waals surface area contributed by atoms with Crippen molar-refractivity contribution in [2.75, 3.05) is 12.5 Å². The van der Waals surface area contributed by atoms with E-state index in [9.17, 15) is 35.6 Å². The van der Waals surface area contributed by atoms with Crippen molar-refractivity contribution in [3.63, 3.8) is 0 Å². The maximum Gasteiger partial charge on any atom is 0.388 e. The molecular formula is C15H12F4N4O7S. The summed E-state index contributed by atoms with van der Waals surface area (Å²) >= 11 is 0. The molecule has 11 nitrogen and oxygen atoms in total. The number of methoxy groups -OCH3 is 1. The zero-order chi connectivity index (χ0) is 23.2. The van der Waals surface area contributed by atoms with Gasteiger partial charge in [0, 0.05) is 0 Å². The van der Waals surface area contributed by atoms with E-state index in [-0.39, 0.29) is 0 Å². The Labute approximate surface area is 171 Å². The van der Waals surface area contributed by atoms with E-state index < -0.39 is 62.4 Å². The lowest BCUT2D eigenvalue weighted by Crippen LogP contribution is -2.35. The molecule has 0 aliphatic carbocycles. The standard InChI is InChI=1S/C15H12F4N4O7S/c1-28-11(24)7-4-2-3-5-8(7)31(26,27)15(25)23-22-14-20-9(29-12(16)17)6-10(21-14)30-13(18)19/h2-6,12-13H,1H3,(H,23,25)(H,20,21,22). The molecule has 0 radical (unpaired) electrons. The topological polar surface area (TPSA) is 146 Å². The van der Waals surface area contributed by atoms with Crippen molar-refractivity contribution in [3.05, 3.63) is 35.9 Å². The van der Waals surface area contributed by atoms with Crippen LogP contribution >= 0.6 is 0 Å². The van der Waals surface area contributed by atoms with E-state index in [0.717, 1.165) is 19.2 Å². The van der Waals surface area contributed by atoms with Crippen LogP contribution in [-0.2, 0) is 14.6 Å². The number of rotatable bonds is 8. The second kappa shape index (κ2) is 9.88. The maximum absolute atomic E-state index is 12.5. The van der Waals surface area contributed by atoms with E-state index in [0.29, 0.717) is 6.07 Å². The van der Waals surface area contributed by atoms with Gasteiger partial charge in [0.1, 0.15) is 0 Å². The second-order valence-corrected chi connectivity index (χ2v) is 6.97. The number of alkyl halides is 4. The molecule has 168 valence electrons. The van der Waals surface area contributed by atoms with Crippen molar-refractivity contribution in [3.8, 4) is 11.8 Å². The van der Waals surface area contributed by atoms with Gasteiger partial charge in [-0.05, 0) is 12.1 Å². The van der Waals surface area contributed by atoms with Crippen molar-refractivity contribution in [1.82, 2.24) is 15.4 Å². The summed E-state index contributed by atoms with van der Waals surface area (Å²) in [6, 6.07) is 5.14. The third-order valence-corrected chi connectivity index (χ3v) is 4.73. The van der Waals surface area contributed by atoms with Gasteiger partial charge in [-0.3, -0.25) is 15.6 Å². The lowest BCUT2D eigenvalue weighted by atomic mass is 10.2. The van der Waals surface area contributed by atoms with Crippen LogP contribution in [0.25, 0.3) is 0 Å². The summed E-state index contributed by atoms with van der Waals surface area (Å²) in [5, 5.41) is -1.72. The number of esters is 1. The number of ether oxygens (including phenoxy) is 3. The Bertz CT molecular complexity index is 1040. The number of carbonyl (C=O) groups excluding carboxylic acids is 2. The molecule has 31 heavy (non-hydrogen) atoms. The molecule has 1 aromatic heterocycles. The number of carbonyl (C=O) groups is 2. The van der Waals surface area contributed by atoms with E-state index in [1.807, 2.05) is 5.43 Å². The number of halogens is 4. The number of nitrogens with one attached hydrogen (secondary N) is 2. The SMILES string of the molecule is COC(=O)c1ccccc1S(=O)(=O)C(=O)NNc1nc(OC(F)F)cc(OC(F)F)n1. The average molecular weight is 468 g/mol. The maximum atomic E-state index is 12.5. The van der Waals surface area contributed by atoms with Gasteiger partial charge in [0.15, 0.2) is 0 Å². The monoisotopic (exact) mass is 468 g/mol. The van der Waals surface area contributed by atoms with Gasteiger partial charge in [-0.25, -0.2) is 13.2 Å². The Morgan fingerprint density at radius 3 is 2.06 bits per heavy atom. The number of hydrogen-bond donors (Lipinski definition) is 2. The first-order chi connectivity index (χ1) is 14.5. The number of hydrazine groups is 1. The minimum absolute atomic E-state index is 0.434. The number of nitrogens with zero attached hydrogens (tertiary/aromatic N) is 2. The van der Waals surface area contributed by atoms with Crippen LogP contribution in [0.2, 0.25) is 0 Å². The summed E-state index contributed by atoms with van der Waals surface area (Å²) in [7, 11) is -3.83. The smallest absolute Gasteiger partial charge is 0.388 e. The van der Waals surface area contributed by atoms with Gasteiger partial charge in [-0.1, -0.05) is 12.1 Å². The van der Waals surface area contributed by atoms with Crippen molar-refractivity contribution >= 4 is 27.0 Å². The molecule has 2 N–H and O–H groups in total. The molecule has 0 unspecified atom stereocenters. The van der Waals surface area contributed by atoms with Crippen molar-refractivity contribution < 1.29 is 49.8 Å². The molecule has 2 rings (SSSR count). The fraction of sp³-hybridized carbons (Fsp3) is 0.200. The number of hydrogen-bond acceptors (Lipinski definition) is 10. The first-order valence-electron chi connectivity index (χ1n) is 7.81. The molecule has 1 heterocycles. The lowest BCUT2D eigenvalue weighted by molar-refractivity contribution is -0.0579. The van der Waals surface area contributed by atoms with E-state index >= 15 is 0 Å². The fourth-order valence-corrected chi connectivity index (χ4v) is 3.10. The van der Waals surface area contributed by atoms with Gasteiger partial charge >= 0.3 is 24.4 Å². The second-order valence-electron chi connectivity index (χ2n) is 5.15. The number of aromatic nitrogens is 2. The molecule has 0 aliphatic heterocycles. The first-order valence-corrected chi connectivity index (χ1v) is 9.30.